The zero-order chi connectivity index (χ0) is 22.1. The maximum atomic E-state index is 12.8. The third-order valence-electron chi connectivity index (χ3n) is 5.57. The molecule has 3 aromatic carbocycles. The Balaban J connectivity index is 1.57. The summed E-state index contributed by atoms with van der Waals surface area (Å²) < 4.78 is 5.50. The average molecular weight is 456 g/mol. The van der Waals surface area contributed by atoms with Crippen molar-refractivity contribution >= 4 is 35.1 Å². The second kappa shape index (κ2) is 8.71. The van der Waals surface area contributed by atoms with Gasteiger partial charge in [0.25, 0.3) is 0 Å². The van der Waals surface area contributed by atoms with E-state index in [1.54, 1.807) is 18.2 Å². The maximum absolute atomic E-state index is 12.8. The number of carbonyl (C=O) groups excluding carboxylic acids is 1. The Morgan fingerprint density at radius 3 is 2.10 bits per heavy atom. The van der Waals surface area contributed by atoms with Crippen LogP contribution in [0.4, 0.5) is 0 Å². The predicted octanol–water partition coefficient (Wildman–Crippen LogP) is 5.05. The number of rotatable bonds is 6. The van der Waals surface area contributed by atoms with Crippen LogP contribution in [0.5, 0.6) is 0 Å². The molecule has 0 saturated heterocycles. The highest BCUT2D eigenvalue weighted by molar-refractivity contribution is 6.42. The molecule has 0 aliphatic heterocycles. The van der Waals surface area contributed by atoms with Gasteiger partial charge >= 0.3 is 11.9 Å². The van der Waals surface area contributed by atoms with Crippen LogP contribution >= 0.6 is 23.2 Å². The van der Waals surface area contributed by atoms with E-state index in [0.717, 1.165) is 22.3 Å². The first-order valence-corrected chi connectivity index (χ1v) is 10.4. The van der Waals surface area contributed by atoms with E-state index in [2.05, 4.69) is 0 Å². The predicted molar refractivity (Wildman–Crippen MR) is 119 cm³/mol. The van der Waals surface area contributed by atoms with E-state index in [-0.39, 0.29) is 28.1 Å². The van der Waals surface area contributed by atoms with Gasteiger partial charge in [0.05, 0.1) is 16.1 Å². The standard InChI is InChI=1S/C24H19Cl2NO4/c25-19-11-5-10-17(21(19)26)22(27)20(23(28)29)24(30)31-12-18-15-8-3-1-6-13(15)14-7-2-4-9-16(14)18/h1-11,18,20,22H,12,27H2,(H,28,29). The number of nitrogens with two attached hydrogens (primary N) is 1. The van der Waals surface area contributed by atoms with E-state index in [9.17, 15) is 14.7 Å². The fraction of sp³-hybridized carbons (Fsp3) is 0.167. The molecule has 0 amide bonds. The molecule has 2 unspecified atom stereocenters. The quantitative estimate of drug-likeness (QED) is 0.400. The highest BCUT2D eigenvalue weighted by Crippen LogP contribution is 2.44. The van der Waals surface area contributed by atoms with Crippen molar-refractivity contribution in [3.05, 3.63) is 93.5 Å². The Bertz CT molecular complexity index is 1120. The van der Waals surface area contributed by atoms with E-state index in [1.807, 2.05) is 48.5 Å². The van der Waals surface area contributed by atoms with Gasteiger partial charge in [0.1, 0.15) is 6.61 Å². The molecule has 4 rings (SSSR count). The first kappa shape index (κ1) is 21.4. The third kappa shape index (κ3) is 3.92. The van der Waals surface area contributed by atoms with Crippen LogP contribution in [0.25, 0.3) is 11.1 Å². The number of benzene rings is 3. The van der Waals surface area contributed by atoms with Gasteiger partial charge in [0.15, 0.2) is 5.92 Å². The molecule has 0 aromatic heterocycles. The second-order valence-corrected chi connectivity index (χ2v) is 8.13. The van der Waals surface area contributed by atoms with E-state index in [1.165, 1.54) is 0 Å². The summed E-state index contributed by atoms with van der Waals surface area (Å²) in [5, 5.41) is 10.0. The van der Waals surface area contributed by atoms with Gasteiger partial charge < -0.3 is 15.6 Å². The zero-order valence-electron chi connectivity index (χ0n) is 16.3. The van der Waals surface area contributed by atoms with Gasteiger partial charge in [-0.25, -0.2) is 0 Å². The molecule has 5 nitrogen and oxygen atoms in total. The van der Waals surface area contributed by atoms with Crippen molar-refractivity contribution in [2.24, 2.45) is 11.7 Å². The van der Waals surface area contributed by atoms with Crippen molar-refractivity contribution in [3.63, 3.8) is 0 Å². The van der Waals surface area contributed by atoms with Crippen molar-refractivity contribution in [1.29, 1.82) is 0 Å². The van der Waals surface area contributed by atoms with E-state index < -0.39 is 23.9 Å². The maximum Gasteiger partial charge on any atom is 0.322 e. The van der Waals surface area contributed by atoms with E-state index in [0.29, 0.717) is 0 Å². The van der Waals surface area contributed by atoms with Gasteiger partial charge in [0, 0.05) is 5.92 Å². The molecule has 3 aromatic rings. The Morgan fingerprint density at radius 1 is 0.935 bits per heavy atom. The van der Waals surface area contributed by atoms with Crippen LogP contribution < -0.4 is 5.73 Å². The molecule has 1 aliphatic rings. The lowest BCUT2D eigenvalue weighted by Crippen LogP contribution is -2.36. The number of esters is 1. The molecule has 0 saturated carbocycles. The van der Waals surface area contributed by atoms with Gasteiger partial charge in [-0.05, 0) is 33.9 Å². The summed E-state index contributed by atoms with van der Waals surface area (Å²) in [4.78, 5) is 24.7. The molecule has 0 radical (unpaired) electrons. The molecule has 0 bridgehead atoms. The molecule has 7 heteroatoms. The highest BCUT2D eigenvalue weighted by atomic mass is 35.5. The molecule has 0 fully saturated rings. The number of halogens is 2. The Labute approximate surface area is 189 Å². The SMILES string of the molecule is NC(c1cccc(Cl)c1Cl)C(C(=O)O)C(=O)OCC1c2ccccc2-c2ccccc21. The molecule has 3 N–H and O–H groups in total. The molecule has 2 atom stereocenters. The van der Waals surface area contributed by atoms with Gasteiger partial charge in [-0.2, -0.15) is 0 Å². The molecule has 158 valence electrons. The van der Waals surface area contributed by atoms with Crippen LogP contribution in [0.2, 0.25) is 10.0 Å². The molecule has 1 aliphatic carbocycles. The number of hydrogen-bond acceptors (Lipinski definition) is 4. The van der Waals surface area contributed by atoms with Crippen LogP contribution in [0, 0.1) is 5.92 Å². The Morgan fingerprint density at radius 2 is 1.52 bits per heavy atom. The fourth-order valence-electron chi connectivity index (χ4n) is 4.05. The lowest BCUT2D eigenvalue weighted by Gasteiger charge is -2.22. The molecule has 31 heavy (non-hydrogen) atoms. The summed E-state index contributed by atoms with van der Waals surface area (Å²) in [7, 11) is 0. The average Bonchev–Trinajstić information content (AvgIpc) is 3.08. The van der Waals surface area contributed by atoms with Crippen LogP contribution in [0.15, 0.2) is 66.7 Å². The number of aliphatic carboxylic acids is 1. The van der Waals surface area contributed by atoms with Gasteiger partial charge in [-0.15, -0.1) is 0 Å². The van der Waals surface area contributed by atoms with Crippen molar-refractivity contribution in [2.75, 3.05) is 6.61 Å². The first-order valence-electron chi connectivity index (χ1n) is 9.67. The lowest BCUT2D eigenvalue weighted by molar-refractivity contribution is -0.160. The van der Waals surface area contributed by atoms with Crippen molar-refractivity contribution in [2.45, 2.75) is 12.0 Å². The summed E-state index contributed by atoms with van der Waals surface area (Å²) in [5.41, 5.74) is 10.6. The number of ether oxygens (including phenoxy) is 1. The summed E-state index contributed by atoms with van der Waals surface area (Å²) in [5.74, 6) is -4.11. The number of fused-ring (bicyclic) bond motifs is 3. The topological polar surface area (TPSA) is 89.6 Å². The fourth-order valence-corrected chi connectivity index (χ4v) is 4.49. The summed E-state index contributed by atoms with van der Waals surface area (Å²) in [6, 6.07) is 19.3. The summed E-state index contributed by atoms with van der Waals surface area (Å²) in [6.45, 7) is 0.00659. The molecule has 0 heterocycles. The minimum absolute atomic E-state index is 0.00659. The minimum atomic E-state index is -1.62. The lowest BCUT2D eigenvalue weighted by atomic mass is 9.93. The normalized spacial score (nSPS) is 14.4. The first-order chi connectivity index (χ1) is 14.9. The van der Waals surface area contributed by atoms with Crippen molar-refractivity contribution in [1.82, 2.24) is 0 Å². The van der Waals surface area contributed by atoms with Crippen LogP contribution in [0.3, 0.4) is 0 Å². The van der Waals surface area contributed by atoms with Gasteiger partial charge in [0.2, 0.25) is 0 Å². The molecular weight excluding hydrogens is 437 g/mol. The van der Waals surface area contributed by atoms with Crippen molar-refractivity contribution < 1.29 is 19.4 Å². The molecule has 0 spiro atoms. The van der Waals surface area contributed by atoms with Crippen LogP contribution in [0.1, 0.15) is 28.7 Å². The zero-order valence-corrected chi connectivity index (χ0v) is 17.8. The highest BCUT2D eigenvalue weighted by Gasteiger charge is 2.37. The largest absolute Gasteiger partial charge is 0.481 e. The number of hydrogen-bond donors (Lipinski definition) is 2. The second-order valence-electron chi connectivity index (χ2n) is 7.34. The smallest absolute Gasteiger partial charge is 0.322 e. The third-order valence-corrected chi connectivity index (χ3v) is 6.41. The van der Waals surface area contributed by atoms with Gasteiger partial charge in [-0.3, -0.25) is 9.59 Å². The minimum Gasteiger partial charge on any atom is -0.481 e. The van der Waals surface area contributed by atoms with Crippen molar-refractivity contribution in [3.8, 4) is 11.1 Å². The van der Waals surface area contributed by atoms with Gasteiger partial charge in [-0.1, -0.05) is 83.9 Å². The Hall–Kier alpha value is -2.86. The number of carbonyl (C=O) groups is 2. The monoisotopic (exact) mass is 455 g/mol. The van der Waals surface area contributed by atoms with E-state index in [4.69, 9.17) is 33.7 Å². The number of carboxylic acids is 1. The van der Waals surface area contributed by atoms with E-state index >= 15 is 0 Å². The van der Waals surface area contributed by atoms with Crippen LogP contribution in [-0.2, 0) is 14.3 Å². The Kier molecular flexibility index (Phi) is 6.01. The summed E-state index contributed by atoms with van der Waals surface area (Å²) in [6.07, 6.45) is 0. The van der Waals surface area contributed by atoms with Crippen LogP contribution in [-0.4, -0.2) is 23.7 Å². The summed E-state index contributed by atoms with van der Waals surface area (Å²) >= 11 is 12.2. The number of carboxylic acid groups (broad SMARTS) is 1. The molecular formula is C24H19Cl2NO4.